The van der Waals surface area contributed by atoms with Crippen molar-refractivity contribution in [2.75, 3.05) is 5.73 Å². The van der Waals surface area contributed by atoms with Crippen LogP contribution in [0.5, 0.6) is 0 Å². The Bertz CT molecular complexity index is 913. The van der Waals surface area contributed by atoms with Gasteiger partial charge in [0.05, 0.1) is 11.3 Å². The van der Waals surface area contributed by atoms with Crippen LogP contribution in [-0.2, 0) is 0 Å². The van der Waals surface area contributed by atoms with Crippen molar-refractivity contribution in [2.24, 2.45) is 0 Å². The van der Waals surface area contributed by atoms with Gasteiger partial charge in [-0.1, -0.05) is 53.6 Å². The number of benzene rings is 3. The lowest BCUT2D eigenvalue weighted by Crippen LogP contribution is -1.99. The Morgan fingerprint density at radius 1 is 0.864 bits per heavy atom. The van der Waals surface area contributed by atoms with Crippen LogP contribution in [0.2, 0.25) is 0 Å². The topological polar surface area (TPSA) is 49.8 Å². The summed E-state index contributed by atoms with van der Waals surface area (Å²) in [6.45, 7) is 6.12. The lowest BCUT2D eigenvalue weighted by atomic mass is 9.88. The average molecular weight is 286 g/mol. The molecule has 0 saturated carbocycles. The number of hydrogen-bond donors (Lipinski definition) is 1. The van der Waals surface area contributed by atoms with Crippen LogP contribution >= 0.6 is 0 Å². The third-order valence-electron chi connectivity index (χ3n) is 4.21. The first-order chi connectivity index (χ1) is 10.5. The van der Waals surface area contributed by atoms with Gasteiger partial charge in [0.1, 0.15) is 6.07 Å². The lowest BCUT2D eigenvalue weighted by Gasteiger charge is -2.16. The van der Waals surface area contributed by atoms with E-state index < -0.39 is 0 Å². The van der Waals surface area contributed by atoms with Gasteiger partial charge >= 0.3 is 0 Å². The summed E-state index contributed by atoms with van der Waals surface area (Å²) in [4.78, 5) is 0. The van der Waals surface area contributed by atoms with E-state index in [0.717, 1.165) is 27.5 Å². The number of nitriles is 1. The van der Waals surface area contributed by atoms with E-state index >= 15 is 0 Å². The molecule has 108 valence electrons. The largest absolute Gasteiger partial charge is 0.397 e. The molecule has 3 rings (SSSR count). The first kappa shape index (κ1) is 14.2. The minimum atomic E-state index is 0.575. The second kappa shape index (κ2) is 5.20. The number of aryl methyl sites for hydroxylation is 2. The van der Waals surface area contributed by atoms with Gasteiger partial charge < -0.3 is 5.73 Å². The van der Waals surface area contributed by atoms with Crippen molar-refractivity contribution < 1.29 is 0 Å². The van der Waals surface area contributed by atoms with Crippen molar-refractivity contribution in [2.45, 2.75) is 20.8 Å². The fraction of sp³-hybridized carbons (Fsp3) is 0.150. The van der Waals surface area contributed by atoms with Crippen LogP contribution in [0.4, 0.5) is 5.69 Å². The van der Waals surface area contributed by atoms with Crippen LogP contribution in [0.3, 0.4) is 0 Å². The maximum Gasteiger partial charge on any atom is 0.102 e. The van der Waals surface area contributed by atoms with Crippen LogP contribution in [0.15, 0.2) is 42.5 Å². The highest BCUT2D eigenvalue weighted by molar-refractivity contribution is 6.06. The third-order valence-corrected chi connectivity index (χ3v) is 4.21. The van der Waals surface area contributed by atoms with Gasteiger partial charge in [-0.05, 0) is 42.8 Å². The molecule has 0 aromatic heterocycles. The molecule has 2 N–H and O–H groups in total. The molecule has 22 heavy (non-hydrogen) atoms. The van der Waals surface area contributed by atoms with Gasteiger partial charge in [0.25, 0.3) is 0 Å². The Labute approximate surface area is 130 Å². The molecule has 0 aliphatic rings. The van der Waals surface area contributed by atoms with E-state index in [4.69, 9.17) is 5.73 Å². The second-order valence-electron chi connectivity index (χ2n) is 5.82. The van der Waals surface area contributed by atoms with Gasteiger partial charge in [-0.2, -0.15) is 5.26 Å². The van der Waals surface area contributed by atoms with E-state index in [1.807, 2.05) is 19.1 Å². The van der Waals surface area contributed by atoms with Crippen molar-refractivity contribution in [1.82, 2.24) is 0 Å². The van der Waals surface area contributed by atoms with Crippen LogP contribution < -0.4 is 5.73 Å². The normalized spacial score (nSPS) is 10.6. The molecule has 0 aliphatic heterocycles. The molecule has 0 saturated heterocycles. The zero-order chi connectivity index (χ0) is 15.9. The van der Waals surface area contributed by atoms with E-state index in [2.05, 4.69) is 50.2 Å². The van der Waals surface area contributed by atoms with Crippen molar-refractivity contribution in [3.8, 4) is 17.2 Å². The maximum atomic E-state index is 9.50. The number of nitrogens with zero attached hydrogens (tertiary/aromatic N) is 1. The van der Waals surface area contributed by atoms with Crippen LogP contribution in [0.25, 0.3) is 21.9 Å². The molecule has 2 nitrogen and oxygen atoms in total. The molecule has 3 aromatic carbocycles. The summed E-state index contributed by atoms with van der Waals surface area (Å²) in [7, 11) is 0. The highest BCUT2D eigenvalue weighted by atomic mass is 14.6. The third kappa shape index (κ3) is 2.12. The summed E-state index contributed by atoms with van der Waals surface area (Å²) in [5.41, 5.74) is 13.0. The van der Waals surface area contributed by atoms with E-state index in [1.54, 1.807) is 0 Å². The second-order valence-corrected chi connectivity index (χ2v) is 5.82. The quantitative estimate of drug-likeness (QED) is 0.648. The van der Waals surface area contributed by atoms with Crippen LogP contribution in [0, 0.1) is 32.1 Å². The Hall–Kier alpha value is -2.79. The molecule has 0 radical (unpaired) electrons. The Morgan fingerprint density at radius 2 is 1.50 bits per heavy atom. The summed E-state index contributed by atoms with van der Waals surface area (Å²) in [5.74, 6) is 0. The number of hydrogen-bond acceptors (Lipinski definition) is 2. The van der Waals surface area contributed by atoms with E-state index in [-0.39, 0.29) is 0 Å². The summed E-state index contributed by atoms with van der Waals surface area (Å²) in [6, 6.07) is 16.9. The predicted octanol–water partition coefficient (Wildman–Crippen LogP) is 4.89. The van der Waals surface area contributed by atoms with Gasteiger partial charge in [0.2, 0.25) is 0 Å². The Kier molecular flexibility index (Phi) is 3.35. The summed E-state index contributed by atoms with van der Waals surface area (Å²) >= 11 is 0. The molecular formula is C20H18N2. The molecule has 0 spiro atoms. The molecule has 0 atom stereocenters. The minimum absolute atomic E-state index is 0.575. The maximum absolute atomic E-state index is 9.50. The number of rotatable bonds is 1. The predicted molar refractivity (Wildman–Crippen MR) is 92.7 cm³/mol. The Morgan fingerprint density at radius 3 is 2.14 bits per heavy atom. The summed E-state index contributed by atoms with van der Waals surface area (Å²) < 4.78 is 0. The first-order valence-corrected chi connectivity index (χ1v) is 7.32. The smallest absolute Gasteiger partial charge is 0.102 e. The van der Waals surface area contributed by atoms with Crippen molar-refractivity contribution in [3.05, 3.63) is 64.7 Å². The molecule has 0 bridgehead atoms. The van der Waals surface area contributed by atoms with Crippen LogP contribution in [0.1, 0.15) is 22.3 Å². The van der Waals surface area contributed by atoms with Gasteiger partial charge in [0.15, 0.2) is 0 Å². The molecule has 0 heterocycles. The van der Waals surface area contributed by atoms with Gasteiger partial charge in [-0.3, -0.25) is 0 Å². The highest BCUT2D eigenvalue weighted by Gasteiger charge is 2.16. The van der Waals surface area contributed by atoms with E-state index in [9.17, 15) is 5.26 Å². The minimum Gasteiger partial charge on any atom is -0.397 e. The number of nitrogen functional groups attached to an aromatic ring is 1. The van der Waals surface area contributed by atoms with Crippen molar-refractivity contribution >= 4 is 16.5 Å². The standard InChI is InChI=1S/C20H18N2/c1-12-4-7-15(8-5-12)19-14(3)18(11-21)20(22)16-9-6-13(2)10-17(16)19/h4-10H,22H2,1-3H3. The van der Waals surface area contributed by atoms with E-state index in [1.165, 1.54) is 11.1 Å². The van der Waals surface area contributed by atoms with Crippen molar-refractivity contribution in [1.29, 1.82) is 5.26 Å². The number of nitrogens with two attached hydrogens (primary N) is 1. The first-order valence-electron chi connectivity index (χ1n) is 7.32. The van der Waals surface area contributed by atoms with Gasteiger partial charge in [-0.15, -0.1) is 0 Å². The summed E-state index contributed by atoms with van der Waals surface area (Å²) in [6.07, 6.45) is 0. The fourth-order valence-electron chi connectivity index (χ4n) is 3.00. The zero-order valence-corrected chi connectivity index (χ0v) is 13.1. The molecular weight excluding hydrogens is 268 g/mol. The summed E-state index contributed by atoms with van der Waals surface area (Å²) in [5, 5.41) is 11.6. The molecule has 0 aliphatic carbocycles. The van der Waals surface area contributed by atoms with Crippen LogP contribution in [-0.4, -0.2) is 0 Å². The molecule has 0 amide bonds. The van der Waals surface area contributed by atoms with E-state index in [0.29, 0.717) is 11.3 Å². The average Bonchev–Trinajstić information content (AvgIpc) is 2.49. The molecule has 2 heteroatoms. The lowest BCUT2D eigenvalue weighted by molar-refractivity contribution is 1.40. The molecule has 3 aromatic rings. The molecule has 0 unspecified atom stereocenters. The zero-order valence-electron chi connectivity index (χ0n) is 13.1. The van der Waals surface area contributed by atoms with Gasteiger partial charge in [-0.25, -0.2) is 0 Å². The monoisotopic (exact) mass is 286 g/mol. The number of fused-ring (bicyclic) bond motifs is 1. The highest BCUT2D eigenvalue weighted by Crippen LogP contribution is 2.38. The van der Waals surface area contributed by atoms with Crippen molar-refractivity contribution in [3.63, 3.8) is 0 Å². The Balaban J connectivity index is 2.49. The van der Waals surface area contributed by atoms with Gasteiger partial charge in [0, 0.05) is 5.39 Å². The SMILES string of the molecule is Cc1ccc(-c2c(C)c(C#N)c(N)c3ccc(C)cc23)cc1. The fourth-order valence-corrected chi connectivity index (χ4v) is 3.00. The molecule has 0 fully saturated rings. The number of anilines is 1.